The lowest BCUT2D eigenvalue weighted by Gasteiger charge is -2.39. The summed E-state index contributed by atoms with van der Waals surface area (Å²) in [6.45, 7) is 0.0702. The van der Waals surface area contributed by atoms with Gasteiger partial charge in [0, 0.05) is 11.3 Å². The molecule has 1 aliphatic carbocycles. The van der Waals surface area contributed by atoms with E-state index in [1.165, 1.54) is 5.56 Å². The third kappa shape index (κ3) is 1.91. The first-order chi connectivity index (χ1) is 7.82. The van der Waals surface area contributed by atoms with Crippen LogP contribution in [0.3, 0.4) is 0 Å². The monoisotopic (exact) mass is 218 g/mol. The first-order valence-electron chi connectivity index (χ1n) is 5.76. The fraction of sp³-hybridized carbons (Fsp3) is 0.429. The molecule has 1 unspecified atom stereocenters. The van der Waals surface area contributed by atoms with Gasteiger partial charge in [-0.05, 0) is 18.4 Å². The van der Waals surface area contributed by atoms with Crippen LogP contribution in [-0.2, 0) is 0 Å². The molecule has 0 radical (unpaired) electrons. The molecule has 2 heteroatoms. The number of hydrogen-bond acceptors (Lipinski definition) is 2. The van der Waals surface area contributed by atoms with Gasteiger partial charge in [-0.15, -0.1) is 0 Å². The van der Waals surface area contributed by atoms with E-state index in [0.29, 0.717) is 0 Å². The Bertz CT molecular complexity index is 352. The van der Waals surface area contributed by atoms with E-state index in [4.69, 9.17) is 0 Å². The van der Waals surface area contributed by atoms with Gasteiger partial charge >= 0.3 is 0 Å². The minimum Gasteiger partial charge on any atom is -0.396 e. The Morgan fingerprint density at radius 2 is 1.81 bits per heavy atom. The standard InChI is InChI=1S/C14H18O2/c15-10-14(11-16)9-5-4-8-13(14)12-6-2-1-3-7-12/h1-4,6-8,13,15-16H,5,9-11H2. The van der Waals surface area contributed by atoms with Crippen molar-refractivity contribution in [1.29, 1.82) is 0 Å². The fourth-order valence-electron chi connectivity index (χ4n) is 2.49. The lowest BCUT2D eigenvalue weighted by atomic mass is 9.67. The first-order valence-corrected chi connectivity index (χ1v) is 5.76. The van der Waals surface area contributed by atoms with E-state index in [1.807, 2.05) is 18.2 Å². The molecule has 1 aromatic carbocycles. The highest BCUT2D eigenvalue weighted by atomic mass is 16.3. The molecular weight excluding hydrogens is 200 g/mol. The van der Waals surface area contributed by atoms with Gasteiger partial charge in [0.05, 0.1) is 13.2 Å². The van der Waals surface area contributed by atoms with Crippen LogP contribution in [0.1, 0.15) is 24.3 Å². The summed E-state index contributed by atoms with van der Waals surface area (Å²) in [7, 11) is 0. The summed E-state index contributed by atoms with van der Waals surface area (Å²) >= 11 is 0. The van der Waals surface area contributed by atoms with Crippen molar-refractivity contribution in [3.8, 4) is 0 Å². The van der Waals surface area contributed by atoms with E-state index in [9.17, 15) is 10.2 Å². The predicted molar refractivity (Wildman–Crippen MR) is 64.2 cm³/mol. The molecule has 0 aromatic heterocycles. The lowest BCUT2D eigenvalue weighted by Crippen LogP contribution is -2.37. The smallest absolute Gasteiger partial charge is 0.0518 e. The molecule has 0 saturated heterocycles. The Balaban J connectivity index is 2.36. The molecule has 0 bridgehead atoms. The Labute approximate surface area is 96.2 Å². The zero-order valence-electron chi connectivity index (χ0n) is 9.34. The van der Waals surface area contributed by atoms with Crippen molar-refractivity contribution in [1.82, 2.24) is 0 Å². The molecule has 0 aliphatic heterocycles. The quantitative estimate of drug-likeness (QED) is 0.763. The van der Waals surface area contributed by atoms with Gasteiger partial charge < -0.3 is 10.2 Å². The Kier molecular flexibility index (Phi) is 3.42. The van der Waals surface area contributed by atoms with E-state index < -0.39 is 5.41 Å². The van der Waals surface area contributed by atoms with E-state index >= 15 is 0 Å². The predicted octanol–water partition coefficient (Wildman–Crippen LogP) is 2.09. The van der Waals surface area contributed by atoms with Crippen LogP contribution in [0.15, 0.2) is 42.5 Å². The van der Waals surface area contributed by atoms with Gasteiger partial charge in [0.25, 0.3) is 0 Å². The maximum absolute atomic E-state index is 9.58. The number of rotatable bonds is 3. The summed E-state index contributed by atoms with van der Waals surface area (Å²) in [5.41, 5.74) is 0.775. The third-order valence-corrected chi connectivity index (χ3v) is 3.59. The summed E-state index contributed by atoms with van der Waals surface area (Å²) in [6, 6.07) is 10.1. The summed E-state index contributed by atoms with van der Waals surface area (Å²) < 4.78 is 0. The van der Waals surface area contributed by atoms with Crippen LogP contribution < -0.4 is 0 Å². The SMILES string of the molecule is OCC1(CO)CCC=CC1c1ccccc1. The van der Waals surface area contributed by atoms with Crippen LogP contribution in [0.5, 0.6) is 0 Å². The lowest BCUT2D eigenvalue weighted by molar-refractivity contribution is 0.0322. The van der Waals surface area contributed by atoms with Crippen LogP contribution in [-0.4, -0.2) is 23.4 Å². The second-order valence-electron chi connectivity index (χ2n) is 4.53. The van der Waals surface area contributed by atoms with E-state index in [1.54, 1.807) is 0 Å². The van der Waals surface area contributed by atoms with Crippen molar-refractivity contribution in [2.24, 2.45) is 5.41 Å². The summed E-state index contributed by atoms with van der Waals surface area (Å²) in [6.07, 6.45) is 6.03. The fourth-order valence-corrected chi connectivity index (χ4v) is 2.49. The summed E-state index contributed by atoms with van der Waals surface area (Å²) in [5.74, 6) is 0.123. The zero-order valence-corrected chi connectivity index (χ0v) is 9.34. The van der Waals surface area contributed by atoms with Crippen molar-refractivity contribution >= 4 is 0 Å². The molecule has 1 atom stereocenters. The van der Waals surface area contributed by atoms with Crippen LogP contribution in [0.25, 0.3) is 0 Å². The van der Waals surface area contributed by atoms with Gasteiger partial charge in [0.1, 0.15) is 0 Å². The number of benzene rings is 1. The zero-order chi connectivity index (χ0) is 11.4. The first kappa shape index (κ1) is 11.4. The maximum atomic E-state index is 9.58. The molecule has 0 spiro atoms. The van der Waals surface area contributed by atoms with Crippen molar-refractivity contribution in [3.05, 3.63) is 48.0 Å². The van der Waals surface area contributed by atoms with Gasteiger partial charge in [0.15, 0.2) is 0 Å². The number of aliphatic hydroxyl groups is 2. The molecule has 86 valence electrons. The second-order valence-corrected chi connectivity index (χ2v) is 4.53. The normalized spacial score (nSPS) is 23.2. The van der Waals surface area contributed by atoms with Crippen LogP contribution in [0.4, 0.5) is 0 Å². The highest BCUT2D eigenvalue weighted by Gasteiger charge is 2.38. The number of aliphatic hydroxyl groups excluding tert-OH is 2. The molecule has 0 saturated carbocycles. The minimum atomic E-state index is -0.393. The van der Waals surface area contributed by atoms with Crippen molar-refractivity contribution in [3.63, 3.8) is 0 Å². The molecule has 1 aliphatic rings. The van der Waals surface area contributed by atoms with Crippen molar-refractivity contribution in [2.75, 3.05) is 13.2 Å². The highest BCUT2D eigenvalue weighted by Crippen LogP contribution is 2.43. The van der Waals surface area contributed by atoms with Gasteiger partial charge in [-0.25, -0.2) is 0 Å². The molecule has 2 N–H and O–H groups in total. The van der Waals surface area contributed by atoms with Crippen molar-refractivity contribution in [2.45, 2.75) is 18.8 Å². The van der Waals surface area contributed by atoms with Gasteiger partial charge in [-0.3, -0.25) is 0 Å². The Hall–Kier alpha value is -1.12. The van der Waals surface area contributed by atoms with Crippen molar-refractivity contribution < 1.29 is 10.2 Å². The van der Waals surface area contributed by atoms with Crippen LogP contribution in [0, 0.1) is 5.41 Å². The Morgan fingerprint density at radius 3 is 2.44 bits per heavy atom. The minimum absolute atomic E-state index is 0.0351. The van der Waals surface area contributed by atoms with Gasteiger partial charge in [-0.2, -0.15) is 0 Å². The molecule has 0 fully saturated rings. The van der Waals surface area contributed by atoms with Crippen LogP contribution in [0.2, 0.25) is 0 Å². The summed E-state index contributed by atoms with van der Waals surface area (Å²) in [4.78, 5) is 0. The van der Waals surface area contributed by atoms with Gasteiger partial charge in [0.2, 0.25) is 0 Å². The average molecular weight is 218 g/mol. The largest absolute Gasteiger partial charge is 0.396 e. The summed E-state index contributed by atoms with van der Waals surface area (Å²) in [5, 5.41) is 19.2. The second kappa shape index (κ2) is 4.81. The molecule has 2 nitrogen and oxygen atoms in total. The Morgan fingerprint density at radius 1 is 1.12 bits per heavy atom. The van der Waals surface area contributed by atoms with E-state index in [0.717, 1.165) is 12.8 Å². The molecule has 1 aromatic rings. The number of allylic oxidation sites excluding steroid dienone is 2. The maximum Gasteiger partial charge on any atom is 0.0518 e. The number of hydrogen-bond donors (Lipinski definition) is 2. The molecular formula is C14H18O2. The van der Waals surface area contributed by atoms with Gasteiger partial charge in [-0.1, -0.05) is 42.5 Å². The average Bonchev–Trinajstić information content (AvgIpc) is 2.39. The molecule has 16 heavy (non-hydrogen) atoms. The molecule has 0 amide bonds. The molecule has 2 rings (SSSR count). The van der Waals surface area contributed by atoms with Crippen LogP contribution >= 0.6 is 0 Å². The van der Waals surface area contributed by atoms with E-state index in [-0.39, 0.29) is 19.1 Å². The third-order valence-electron chi connectivity index (χ3n) is 3.59. The highest BCUT2D eigenvalue weighted by molar-refractivity contribution is 5.28. The molecule has 0 heterocycles. The van der Waals surface area contributed by atoms with E-state index in [2.05, 4.69) is 24.3 Å². The topological polar surface area (TPSA) is 40.5 Å².